The third kappa shape index (κ3) is 26.9. The van der Waals surface area contributed by atoms with Gasteiger partial charge in [-0.25, -0.2) is 8.42 Å². The summed E-state index contributed by atoms with van der Waals surface area (Å²) in [5.74, 6) is -2.20. The van der Waals surface area contributed by atoms with Crippen molar-refractivity contribution in [2.45, 2.75) is 109 Å². The molecule has 0 spiro atoms. The maximum atomic E-state index is 11.9. The van der Waals surface area contributed by atoms with Gasteiger partial charge in [-0.05, 0) is 32.1 Å². The van der Waals surface area contributed by atoms with Crippen LogP contribution in [0.1, 0.15) is 103 Å². The van der Waals surface area contributed by atoms with Crippen LogP contribution in [0.3, 0.4) is 0 Å². The number of rotatable bonds is 19. The van der Waals surface area contributed by atoms with Gasteiger partial charge in [0.05, 0.1) is 15.9 Å². The minimum Gasteiger partial charge on any atom is -0.748 e. The van der Waals surface area contributed by atoms with Crippen LogP contribution in [0, 0.1) is 0 Å². The zero-order valence-electron chi connectivity index (χ0n) is 19.2. The van der Waals surface area contributed by atoms with Crippen molar-refractivity contribution in [3.8, 4) is 0 Å². The maximum Gasteiger partial charge on any atom is 1.00 e. The molecular weight excluding hydrogens is 430 g/mol. The number of carbonyl (C=O) groups excluding carboxylic acids is 2. The molecule has 1 atom stereocenters. The summed E-state index contributed by atoms with van der Waals surface area (Å²) in [6.07, 6.45) is 10.7. The molecule has 0 saturated heterocycles. The van der Waals surface area contributed by atoms with Gasteiger partial charge < -0.3 is 19.2 Å². The van der Waals surface area contributed by atoms with Gasteiger partial charge in [0, 0.05) is 12.4 Å². The van der Waals surface area contributed by atoms with E-state index < -0.39 is 33.9 Å². The summed E-state index contributed by atoms with van der Waals surface area (Å²) in [7, 11) is -4.47. The van der Waals surface area contributed by atoms with Crippen LogP contribution in [0.25, 0.3) is 0 Å². The van der Waals surface area contributed by atoms with Crippen LogP contribution in [0.5, 0.6) is 0 Å². The van der Waals surface area contributed by atoms with Gasteiger partial charge in [0.1, 0.15) is 6.10 Å². The topological polar surface area (TPSA) is 124 Å². The average Bonchev–Trinajstić information content (AvgIpc) is 2.58. The van der Waals surface area contributed by atoms with Gasteiger partial charge in [-0.2, -0.15) is 0 Å². The standard InChI is InChI=1S/C20H38O7S.2Na/c1-2-3-4-5-6-10-13-16-20(23)27-18(17-28(24,25)26)14-11-8-7-9-12-15-19(21)22;;/h18H,2-17H2,1H3,(H,21,22)(H,24,25,26);;/q;2*+1/p-2. The number of carbonyl (C=O) groups is 2. The number of carboxylic acid groups (broad SMARTS) is 1. The quantitative estimate of drug-likeness (QED) is 0.0864. The molecule has 0 aromatic heterocycles. The van der Waals surface area contributed by atoms with E-state index in [1.54, 1.807) is 0 Å². The van der Waals surface area contributed by atoms with E-state index in [0.717, 1.165) is 38.5 Å². The van der Waals surface area contributed by atoms with Crippen molar-refractivity contribution in [1.29, 1.82) is 0 Å². The molecule has 30 heavy (non-hydrogen) atoms. The second-order valence-corrected chi connectivity index (χ2v) is 8.83. The molecule has 0 N–H and O–H groups in total. The van der Waals surface area contributed by atoms with E-state index in [-0.39, 0.29) is 72.0 Å². The third-order valence-electron chi connectivity index (χ3n) is 4.58. The van der Waals surface area contributed by atoms with Crippen molar-refractivity contribution in [2.24, 2.45) is 0 Å². The van der Waals surface area contributed by atoms with E-state index >= 15 is 0 Å². The number of carboxylic acids is 1. The van der Waals surface area contributed by atoms with Crippen LogP contribution in [0.2, 0.25) is 0 Å². The molecular formula is C20H36Na2O7S. The molecule has 0 aliphatic heterocycles. The van der Waals surface area contributed by atoms with Gasteiger partial charge in [0.25, 0.3) is 0 Å². The Hall–Kier alpha value is 0.850. The Morgan fingerprint density at radius 3 is 1.77 bits per heavy atom. The van der Waals surface area contributed by atoms with Crippen LogP contribution in [0.15, 0.2) is 0 Å². The second kappa shape index (κ2) is 23.0. The summed E-state index contributed by atoms with van der Waals surface area (Å²) < 4.78 is 38.3. The first kappa shape index (κ1) is 35.4. The summed E-state index contributed by atoms with van der Waals surface area (Å²) in [5.41, 5.74) is 0. The van der Waals surface area contributed by atoms with E-state index in [0.29, 0.717) is 25.7 Å². The smallest absolute Gasteiger partial charge is 0.748 e. The second-order valence-electron chi connectivity index (χ2n) is 7.39. The van der Waals surface area contributed by atoms with Crippen molar-refractivity contribution >= 4 is 22.1 Å². The minimum atomic E-state index is -4.47. The van der Waals surface area contributed by atoms with E-state index in [2.05, 4.69) is 6.92 Å². The molecule has 0 aliphatic rings. The van der Waals surface area contributed by atoms with Crippen molar-refractivity contribution < 1.29 is 91.5 Å². The molecule has 0 bridgehead atoms. The molecule has 0 radical (unpaired) electrons. The molecule has 0 saturated carbocycles. The maximum absolute atomic E-state index is 11.9. The molecule has 0 rings (SSSR count). The zero-order chi connectivity index (χ0) is 21.3. The summed E-state index contributed by atoms with van der Waals surface area (Å²) in [6, 6.07) is 0. The largest absolute Gasteiger partial charge is 1.00 e. The van der Waals surface area contributed by atoms with Crippen molar-refractivity contribution in [3.05, 3.63) is 0 Å². The number of ether oxygens (including phenoxy) is 1. The van der Waals surface area contributed by atoms with Crippen LogP contribution < -0.4 is 64.2 Å². The number of hydrogen-bond donors (Lipinski definition) is 0. The Kier molecular flexibility index (Phi) is 27.2. The van der Waals surface area contributed by atoms with Gasteiger partial charge in [-0.3, -0.25) is 4.79 Å². The van der Waals surface area contributed by atoms with Gasteiger partial charge in [0.15, 0.2) is 0 Å². The summed E-state index contributed by atoms with van der Waals surface area (Å²) >= 11 is 0. The Morgan fingerprint density at radius 1 is 0.800 bits per heavy atom. The van der Waals surface area contributed by atoms with E-state index in [4.69, 9.17) is 4.74 Å². The molecule has 0 amide bonds. The van der Waals surface area contributed by atoms with Gasteiger partial charge in [-0.15, -0.1) is 0 Å². The number of aliphatic carboxylic acids is 1. The minimum absolute atomic E-state index is 0. The van der Waals surface area contributed by atoms with E-state index in [9.17, 15) is 27.7 Å². The van der Waals surface area contributed by atoms with Crippen LogP contribution in [-0.4, -0.2) is 36.8 Å². The summed E-state index contributed by atoms with van der Waals surface area (Å²) in [6.45, 7) is 2.16. The first-order valence-corrected chi connectivity index (χ1v) is 12.1. The molecule has 1 unspecified atom stereocenters. The number of esters is 1. The summed E-state index contributed by atoms with van der Waals surface area (Å²) in [4.78, 5) is 22.3. The van der Waals surface area contributed by atoms with Crippen LogP contribution in [0.4, 0.5) is 0 Å². The normalized spacial score (nSPS) is 11.8. The molecule has 0 fully saturated rings. The SMILES string of the molecule is CCCCCCCCCC(=O)OC(CCCCCCCC(=O)[O-])CS(=O)(=O)[O-].[Na+].[Na+]. The third-order valence-corrected chi connectivity index (χ3v) is 5.36. The van der Waals surface area contributed by atoms with E-state index in [1.807, 2.05) is 0 Å². The molecule has 7 nitrogen and oxygen atoms in total. The average molecular weight is 467 g/mol. The molecule has 0 aliphatic carbocycles. The van der Waals surface area contributed by atoms with Crippen molar-refractivity contribution in [3.63, 3.8) is 0 Å². The predicted molar refractivity (Wildman–Crippen MR) is 104 cm³/mol. The predicted octanol–water partition coefficient (Wildman–Crippen LogP) is -2.93. The first-order chi connectivity index (χ1) is 13.2. The Balaban J connectivity index is -0.00000364. The Labute approximate surface area is 226 Å². The molecule has 10 heteroatoms. The van der Waals surface area contributed by atoms with Crippen LogP contribution in [-0.2, 0) is 24.4 Å². The number of unbranched alkanes of at least 4 members (excludes halogenated alkanes) is 10. The first-order valence-electron chi connectivity index (χ1n) is 10.6. The Morgan fingerprint density at radius 2 is 1.27 bits per heavy atom. The van der Waals surface area contributed by atoms with Crippen LogP contribution >= 0.6 is 0 Å². The molecule has 166 valence electrons. The fraction of sp³-hybridized carbons (Fsp3) is 0.900. The zero-order valence-corrected chi connectivity index (χ0v) is 24.0. The molecule has 0 aromatic rings. The van der Waals surface area contributed by atoms with E-state index in [1.165, 1.54) is 19.3 Å². The van der Waals surface area contributed by atoms with Gasteiger partial charge in [0.2, 0.25) is 0 Å². The monoisotopic (exact) mass is 466 g/mol. The molecule has 0 aromatic carbocycles. The molecule has 0 heterocycles. The number of hydrogen-bond acceptors (Lipinski definition) is 7. The Bertz CT molecular complexity index is 527. The van der Waals surface area contributed by atoms with Gasteiger partial charge >= 0.3 is 65.1 Å². The fourth-order valence-corrected chi connectivity index (χ4v) is 3.74. The summed E-state index contributed by atoms with van der Waals surface area (Å²) in [5, 5.41) is 10.3. The fourth-order valence-electron chi connectivity index (χ4n) is 3.05. The van der Waals surface area contributed by atoms with Gasteiger partial charge in [-0.1, -0.05) is 64.7 Å². The van der Waals surface area contributed by atoms with Crippen molar-refractivity contribution in [2.75, 3.05) is 5.75 Å². The van der Waals surface area contributed by atoms with Crippen molar-refractivity contribution in [1.82, 2.24) is 0 Å².